The third-order valence-corrected chi connectivity index (χ3v) is 6.05. The molecule has 0 fully saturated rings. The van der Waals surface area contributed by atoms with Crippen LogP contribution in [0.2, 0.25) is 0 Å². The van der Waals surface area contributed by atoms with E-state index in [2.05, 4.69) is 5.32 Å². The number of benzene rings is 2. The zero-order valence-electron chi connectivity index (χ0n) is 13.2. The van der Waals surface area contributed by atoms with E-state index in [4.69, 9.17) is 0 Å². The van der Waals surface area contributed by atoms with Gasteiger partial charge in [-0.05, 0) is 43.5 Å². The molecule has 2 aromatic carbocycles. The van der Waals surface area contributed by atoms with Crippen molar-refractivity contribution in [3.05, 3.63) is 64.7 Å². The van der Waals surface area contributed by atoms with Crippen molar-refractivity contribution in [2.75, 3.05) is 5.75 Å². The minimum absolute atomic E-state index is 0.0574. The first-order valence-corrected chi connectivity index (χ1v) is 9.23. The van der Waals surface area contributed by atoms with Crippen molar-refractivity contribution in [3.63, 3.8) is 0 Å². The summed E-state index contributed by atoms with van der Waals surface area (Å²) < 4.78 is 24.3. The number of amides is 1. The van der Waals surface area contributed by atoms with Gasteiger partial charge >= 0.3 is 0 Å². The second kappa shape index (κ2) is 5.81. The minimum Gasteiger partial charge on any atom is -0.345 e. The molecule has 0 aliphatic carbocycles. The van der Waals surface area contributed by atoms with E-state index in [-0.39, 0.29) is 17.7 Å². The molecule has 0 saturated carbocycles. The fourth-order valence-electron chi connectivity index (χ4n) is 3.04. The van der Waals surface area contributed by atoms with Crippen LogP contribution in [0.25, 0.3) is 0 Å². The number of rotatable bonds is 2. The maximum atomic E-state index is 12.6. The molecule has 1 aliphatic heterocycles. The quantitative estimate of drug-likeness (QED) is 0.921. The fraction of sp³-hybridized carbons (Fsp3) is 0.278. The first-order chi connectivity index (χ1) is 10.9. The first-order valence-electron chi connectivity index (χ1n) is 7.58. The normalized spacial score (nSPS) is 19.0. The summed E-state index contributed by atoms with van der Waals surface area (Å²) in [5.41, 5.74) is 3.32. The summed E-state index contributed by atoms with van der Waals surface area (Å²) in [7, 11) is -3.24. The number of aryl methyl sites for hydroxylation is 2. The molecule has 2 aromatic rings. The molecule has 1 N–H and O–H groups in total. The number of nitrogens with one attached hydrogen (secondary N) is 1. The van der Waals surface area contributed by atoms with Crippen LogP contribution in [0, 0.1) is 13.8 Å². The molecule has 1 atom stereocenters. The molecule has 1 amide bonds. The van der Waals surface area contributed by atoms with Gasteiger partial charge in [0.1, 0.15) is 0 Å². The van der Waals surface area contributed by atoms with E-state index in [0.717, 1.165) is 11.1 Å². The van der Waals surface area contributed by atoms with Crippen LogP contribution in [-0.2, 0) is 9.84 Å². The predicted molar refractivity (Wildman–Crippen MR) is 89.2 cm³/mol. The van der Waals surface area contributed by atoms with E-state index >= 15 is 0 Å². The van der Waals surface area contributed by atoms with Crippen molar-refractivity contribution in [1.82, 2.24) is 5.32 Å². The van der Waals surface area contributed by atoms with E-state index in [1.165, 1.54) is 0 Å². The highest BCUT2D eigenvalue weighted by atomic mass is 32.2. The third-order valence-electron chi connectivity index (χ3n) is 4.24. The largest absolute Gasteiger partial charge is 0.345 e. The van der Waals surface area contributed by atoms with Gasteiger partial charge in [-0.3, -0.25) is 4.79 Å². The number of carbonyl (C=O) groups is 1. The Bertz CT molecular complexity index is 872. The molecule has 1 unspecified atom stereocenters. The van der Waals surface area contributed by atoms with Gasteiger partial charge in [-0.2, -0.15) is 0 Å². The smallest absolute Gasteiger partial charge is 0.252 e. The summed E-state index contributed by atoms with van der Waals surface area (Å²) in [4.78, 5) is 12.9. The van der Waals surface area contributed by atoms with Gasteiger partial charge in [-0.15, -0.1) is 0 Å². The maximum absolute atomic E-state index is 12.6. The van der Waals surface area contributed by atoms with E-state index in [9.17, 15) is 13.2 Å². The highest BCUT2D eigenvalue weighted by Gasteiger charge is 2.31. The number of carbonyl (C=O) groups excluding carboxylic acids is 1. The first kappa shape index (κ1) is 15.7. The predicted octanol–water partition coefficient (Wildman–Crippen LogP) is 2.95. The Morgan fingerprint density at radius 3 is 2.61 bits per heavy atom. The summed E-state index contributed by atoms with van der Waals surface area (Å²) in [5, 5.41) is 2.99. The van der Waals surface area contributed by atoms with Crippen LogP contribution in [0.15, 0.2) is 47.4 Å². The molecule has 3 rings (SSSR count). The average molecular weight is 329 g/mol. The van der Waals surface area contributed by atoms with Crippen molar-refractivity contribution in [3.8, 4) is 0 Å². The summed E-state index contributed by atoms with van der Waals surface area (Å²) >= 11 is 0. The Balaban J connectivity index is 1.90. The molecule has 0 spiro atoms. The van der Waals surface area contributed by atoms with Gasteiger partial charge in [0.2, 0.25) is 0 Å². The van der Waals surface area contributed by atoms with Crippen LogP contribution in [0.3, 0.4) is 0 Å². The standard InChI is InChI=1S/C18H19NO3S/c1-12-7-8-14(13(2)11-12)18(20)19-16-9-10-23(21,22)17-6-4-3-5-15(16)17/h3-8,11,16H,9-10H2,1-2H3,(H,19,20). The van der Waals surface area contributed by atoms with Crippen molar-refractivity contribution >= 4 is 15.7 Å². The van der Waals surface area contributed by atoms with Gasteiger partial charge in [0.05, 0.1) is 16.7 Å². The molecule has 0 bridgehead atoms. The van der Waals surface area contributed by atoms with Gasteiger partial charge in [0.25, 0.3) is 5.91 Å². The van der Waals surface area contributed by atoms with Crippen molar-refractivity contribution in [1.29, 1.82) is 0 Å². The Morgan fingerprint density at radius 1 is 1.13 bits per heavy atom. The molecule has 120 valence electrons. The minimum atomic E-state index is -3.24. The maximum Gasteiger partial charge on any atom is 0.252 e. The lowest BCUT2D eigenvalue weighted by atomic mass is 10.0. The molecule has 4 nitrogen and oxygen atoms in total. The highest BCUT2D eigenvalue weighted by Crippen LogP contribution is 2.32. The van der Waals surface area contributed by atoms with Gasteiger partial charge < -0.3 is 5.32 Å². The average Bonchev–Trinajstić information content (AvgIpc) is 2.50. The van der Waals surface area contributed by atoms with Crippen molar-refractivity contribution in [2.45, 2.75) is 31.2 Å². The van der Waals surface area contributed by atoms with Crippen LogP contribution in [0.1, 0.15) is 39.5 Å². The molecule has 5 heteroatoms. The van der Waals surface area contributed by atoms with Crippen molar-refractivity contribution < 1.29 is 13.2 Å². The number of hydrogen-bond acceptors (Lipinski definition) is 3. The Hall–Kier alpha value is -2.14. The molecular formula is C18H19NO3S. The van der Waals surface area contributed by atoms with Gasteiger partial charge in [-0.25, -0.2) is 8.42 Å². The number of sulfone groups is 1. The second-order valence-corrected chi connectivity index (χ2v) is 8.07. The van der Waals surface area contributed by atoms with Crippen LogP contribution >= 0.6 is 0 Å². The molecule has 1 heterocycles. The van der Waals surface area contributed by atoms with E-state index in [1.807, 2.05) is 32.0 Å². The number of hydrogen-bond donors (Lipinski definition) is 1. The van der Waals surface area contributed by atoms with Crippen LogP contribution in [0.5, 0.6) is 0 Å². The second-order valence-electron chi connectivity index (χ2n) is 5.99. The number of fused-ring (bicyclic) bond motifs is 1. The molecule has 0 saturated heterocycles. The van der Waals surface area contributed by atoms with Gasteiger partial charge in [0, 0.05) is 5.56 Å². The summed E-state index contributed by atoms with van der Waals surface area (Å²) in [6.07, 6.45) is 0.399. The van der Waals surface area contributed by atoms with Crippen LogP contribution in [-0.4, -0.2) is 20.1 Å². The molecule has 23 heavy (non-hydrogen) atoms. The summed E-state index contributed by atoms with van der Waals surface area (Å²) in [6, 6.07) is 12.3. The van der Waals surface area contributed by atoms with Crippen molar-refractivity contribution in [2.24, 2.45) is 0 Å². The van der Waals surface area contributed by atoms with Gasteiger partial charge in [-0.1, -0.05) is 35.9 Å². The van der Waals surface area contributed by atoms with Crippen LogP contribution in [0.4, 0.5) is 0 Å². The fourth-order valence-corrected chi connectivity index (χ4v) is 4.67. The lowest BCUT2D eigenvalue weighted by Gasteiger charge is -2.26. The SMILES string of the molecule is Cc1ccc(C(=O)NC2CCS(=O)(=O)c3ccccc32)c(C)c1. The molecule has 0 radical (unpaired) electrons. The summed E-state index contributed by atoms with van der Waals surface area (Å²) in [6.45, 7) is 3.89. The lowest BCUT2D eigenvalue weighted by Crippen LogP contribution is -2.34. The van der Waals surface area contributed by atoms with Gasteiger partial charge in [0.15, 0.2) is 9.84 Å². The summed E-state index contributed by atoms with van der Waals surface area (Å²) in [5.74, 6) is -0.108. The molecule has 1 aliphatic rings. The zero-order chi connectivity index (χ0) is 16.6. The third kappa shape index (κ3) is 3.01. The lowest BCUT2D eigenvalue weighted by molar-refractivity contribution is 0.0934. The van der Waals surface area contributed by atoms with E-state index in [0.29, 0.717) is 22.4 Å². The van der Waals surface area contributed by atoms with Crippen LogP contribution < -0.4 is 5.32 Å². The van der Waals surface area contributed by atoms with E-state index in [1.54, 1.807) is 24.3 Å². The molecule has 0 aromatic heterocycles. The Morgan fingerprint density at radius 2 is 1.87 bits per heavy atom. The van der Waals surface area contributed by atoms with E-state index < -0.39 is 9.84 Å². The Kier molecular flexibility index (Phi) is 3.98. The monoisotopic (exact) mass is 329 g/mol. The molecular weight excluding hydrogens is 310 g/mol. The topological polar surface area (TPSA) is 63.2 Å². The zero-order valence-corrected chi connectivity index (χ0v) is 14.0. The Labute approximate surface area is 136 Å². The highest BCUT2D eigenvalue weighted by molar-refractivity contribution is 7.91.